The van der Waals surface area contributed by atoms with E-state index in [0.717, 1.165) is 9.80 Å². The molecule has 0 bridgehead atoms. The van der Waals surface area contributed by atoms with Gasteiger partial charge in [-0.2, -0.15) is 0 Å². The fraction of sp³-hybridized carbons (Fsp3) is 0.250. The lowest BCUT2D eigenvalue weighted by Crippen LogP contribution is -2.35. The molecule has 1 aromatic rings. The number of anilines is 1. The number of benzene rings is 1. The molecule has 1 aliphatic heterocycles. The van der Waals surface area contributed by atoms with Gasteiger partial charge < -0.3 is 10.5 Å². The lowest BCUT2D eigenvalue weighted by molar-refractivity contribution is -0.142. The number of nitrogen functional groups attached to an aromatic ring is 1. The number of rotatable bonds is 4. The molecule has 0 aromatic heterocycles. The van der Waals surface area contributed by atoms with Crippen LogP contribution in [0.5, 0.6) is 5.75 Å². The molecule has 19 heavy (non-hydrogen) atoms. The average Bonchev–Trinajstić information content (AvgIpc) is 2.56. The largest absolute Gasteiger partial charge is 0.492 e. The van der Waals surface area contributed by atoms with Crippen molar-refractivity contribution in [2.24, 2.45) is 0 Å². The molecule has 1 heterocycles. The molecule has 0 radical (unpaired) electrons. The van der Waals surface area contributed by atoms with E-state index in [1.54, 1.807) is 24.3 Å². The van der Waals surface area contributed by atoms with E-state index in [9.17, 15) is 14.4 Å². The van der Waals surface area contributed by atoms with Gasteiger partial charge in [-0.05, 0) is 12.1 Å². The summed E-state index contributed by atoms with van der Waals surface area (Å²) in [5, 5.41) is 0. The maximum Gasteiger partial charge on any atom is 0.334 e. The van der Waals surface area contributed by atoms with Gasteiger partial charge in [0.15, 0.2) is 0 Å². The Balaban J connectivity index is 1.91. The molecule has 4 amide bonds. The predicted molar refractivity (Wildman–Crippen MR) is 66.2 cm³/mol. The number of nitrogens with two attached hydrogens (primary N) is 1. The Morgan fingerprint density at radius 2 is 1.95 bits per heavy atom. The summed E-state index contributed by atoms with van der Waals surface area (Å²) in [7, 11) is 1.27. The van der Waals surface area contributed by atoms with Gasteiger partial charge in [-0.3, -0.25) is 19.4 Å². The number of carbonyl (C=O) groups is 3. The van der Waals surface area contributed by atoms with E-state index in [2.05, 4.69) is 0 Å². The van der Waals surface area contributed by atoms with Crippen LogP contribution in [0.4, 0.5) is 10.5 Å². The third kappa shape index (κ3) is 2.49. The van der Waals surface area contributed by atoms with Crippen molar-refractivity contribution in [3.8, 4) is 5.75 Å². The zero-order valence-electron chi connectivity index (χ0n) is 10.3. The number of carbonyl (C=O) groups excluding carboxylic acids is 3. The standard InChI is InChI=1S/C12H13N3O4/c1-14-10(16)11(17)15(12(14)18)5-6-19-9-4-2-3-8(13)7-9/h2-4,7H,5-6,13H2,1H3. The Kier molecular flexibility index (Phi) is 3.37. The van der Waals surface area contributed by atoms with Crippen molar-refractivity contribution in [3.63, 3.8) is 0 Å². The Hall–Kier alpha value is -2.57. The molecule has 0 saturated carbocycles. The van der Waals surface area contributed by atoms with E-state index in [0.29, 0.717) is 11.4 Å². The molecule has 2 rings (SSSR count). The first kappa shape index (κ1) is 12.9. The zero-order valence-corrected chi connectivity index (χ0v) is 10.3. The van der Waals surface area contributed by atoms with Crippen LogP contribution in [0, 0.1) is 0 Å². The highest BCUT2D eigenvalue weighted by Crippen LogP contribution is 2.15. The summed E-state index contributed by atoms with van der Waals surface area (Å²) in [6.07, 6.45) is 0. The summed E-state index contributed by atoms with van der Waals surface area (Å²) in [6.45, 7) is 0.116. The van der Waals surface area contributed by atoms with Crippen LogP contribution in [0.15, 0.2) is 24.3 Å². The van der Waals surface area contributed by atoms with E-state index in [4.69, 9.17) is 10.5 Å². The number of amides is 4. The highest BCUT2D eigenvalue weighted by molar-refractivity contribution is 6.44. The first-order chi connectivity index (χ1) is 9.00. The number of urea groups is 1. The molecule has 0 unspecified atom stereocenters. The van der Waals surface area contributed by atoms with Crippen molar-refractivity contribution in [1.82, 2.24) is 9.80 Å². The van der Waals surface area contributed by atoms with E-state index in [1.807, 2.05) is 0 Å². The Morgan fingerprint density at radius 3 is 2.53 bits per heavy atom. The van der Waals surface area contributed by atoms with E-state index in [-0.39, 0.29) is 13.2 Å². The topological polar surface area (TPSA) is 92.9 Å². The normalized spacial score (nSPS) is 15.3. The number of likely N-dealkylation sites (N-methyl/N-ethyl adjacent to an activating group) is 1. The first-order valence-electron chi connectivity index (χ1n) is 5.62. The molecular formula is C12H13N3O4. The number of ether oxygens (including phenoxy) is 1. The van der Waals surface area contributed by atoms with E-state index in [1.165, 1.54) is 7.05 Å². The van der Waals surface area contributed by atoms with E-state index >= 15 is 0 Å². The van der Waals surface area contributed by atoms with Gasteiger partial charge in [0.1, 0.15) is 12.4 Å². The van der Waals surface area contributed by atoms with Crippen LogP contribution in [0.2, 0.25) is 0 Å². The van der Waals surface area contributed by atoms with Crippen LogP contribution in [0.3, 0.4) is 0 Å². The zero-order chi connectivity index (χ0) is 14.0. The van der Waals surface area contributed by atoms with Crippen molar-refractivity contribution in [3.05, 3.63) is 24.3 Å². The van der Waals surface area contributed by atoms with Crippen LogP contribution in [0.1, 0.15) is 0 Å². The second-order valence-corrected chi connectivity index (χ2v) is 4.02. The minimum Gasteiger partial charge on any atom is -0.492 e. The van der Waals surface area contributed by atoms with E-state index < -0.39 is 17.8 Å². The molecule has 2 N–H and O–H groups in total. The van der Waals surface area contributed by atoms with Crippen molar-refractivity contribution < 1.29 is 19.1 Å². The lowest BCUT2D eigenvalue weighted by atomic mass is 10.3. The van der Waals surface area contributed by atoms with Gasteiger partial charge in [0.25, 0.3) is 0 Å². The molecule has 100 valence electrons. The van der Waals surface area contributed by atoms with Gasteiger partial charge in [0.2, 0.25) is 0 Å². The fourth-order valence-electron chi connectivity index (χ4n) is 1.67. The minimum absolute atomic E-state index is 0.0164. The Morgan fingerprint density at radius 1 is 1.21 bits per heavy atom. The molecule has 1 aromatic carbocycles. The van der Waals surface area contributed by atoms with Crippen LogP contribution in [-0.4, -0.2) is 47.8 Å². The van der Waals surface area contributed by atoms with Crippen molar-refractivity contribution in [2.45, 2.75) is 0 Å². The minimum atomic E-state index is -0.830. The summed E-state index contributed by atoms with van der Waals surface area (Å²) in [5.74, 6) is -1.11. The molecule has 1 aliphatic rings. The molecule has 0 spiro atoms. The summed E-state index contributed by atoms with van der Waals surface area (Å²) < 4.78 is 5.36. The van der Waals surface area contributed by atoms with Gasteiger partial charge >= 0.3 is 17.8 Å². The molecule has 0 aliphatic carbocycles. The first-order valence-corrected chi connectivity index (χ1v) is 5.62. The monoisotopic (exact) mass is 263 g/mol. The maximum atomic E-state index is 11.6. The van der Waals surface area contributed by atoms with Crippen molar-refractivity contribution in [2.75, 3.05) is 25.9 Å². The molecule has 1 saturated heterocycles. The third-order valence-corrected chi connectivity index (χ3v) is 2.69. The summed E-state index contributed by atoms with van der Waals surface area (Å²) in [5.41, 5.74) is 6.14. The molecular weight excluding hydrogens is 250 g/mol. The number of imide groups is 2. The molecule has 7 heteroatoms. The number of hydrogen-bond donors (Lipinski definition) is 1. The molecule has 7 nitrogen and oxygen atoms in total. The van der Waals surface area contributed by atoms with Gasteiger partial charge in [-0.15, -0.1) is 0 Å². The highest BCUT2D eigenvalue weighted by atomic mass is 16.5. The third-order valence-electron chi connectivity index (χ3n) is 2.69. The van der Waals surface area contributed by atoms with Gasteiger partial charge in [0.05, 0.1) is 6.54 Å². The smallest absolute Gasteiger partial charge is 0.334 e. The Labute approximate surface area is 109 Å². The highest BCUT2D eigenvalue weighted by Gasteiger charge is 2.41. The van der Waals surface area contributed by atoms with Gasteiger partial charge in [-0.1, -0.05) is 6.07 Å². The van der Waals surface area contributed by atoms with Crippen LogP contribution in [0.25, 0.3) is 0 Å². The molecule has 0 atom stereocenters. The number of hydrogen-bond acceptors (Lipinski definition) is 5. The van der Waals surface area contributed by atoms with Crippen LogP contribution in [-0.2, 0) is 9.59 Å². The summed E-state index contributed by atoms with van der Waals surface area (Å²) in [6, 6.07) is 6.15. The van der Waals surface area contributed by atoms with Gasteiger partial charge in [-0.25, -0.2) is 4.79 Å². The van der Waals surface area contributed by atoms with Crippen molar-refractivity contribution in [1.29, 1.82) is 0 Å². The van der Waals surface area contributed by atoms with Crippen LogP contribution < -0.4 is 10.5 Å². The fourth-order valence-corrected chi connectivity index (χ4v) is 1.67. The second kappa shape index (κ2) is 4.97. The SMILES string of the molecule is CN1C(=O)C(=O)N(CCOc2cccc(N)c2)C1=O. The molecule has 1 fully saturated rings. The number of nitrogens with zero attached hydrogens (tertiary/aromatic N) is 2. The van der Waals surface area contributed by atoms with Crippen LogP contribution >= 0.6 is 0 Å². The van der Waals surface area contributed by atoms with Crippen molar-refractivity contribution >= 4 is 23.5 Å². The van der Waals surface area contributed by atoms with Gasteiger partial charge in [0, 0.05) is 18.8 Å². The average molecular weight is 263 g/mol. The lowest BCUT2D eigenvalue weighted by Gasteiger charge is -2.13. The maximum absolute atomic E-state index is 11.6. The predicted octanol–water partition coefficient (Wildman–Crippen LogP) is 0.0682. The summed E-state index contributed by atoms with van der Waals surface area (Å²) >= 11 is 0. The Bertz CT molecular complexity index is 544. The summed E-state index contributed by atoms with van der Waals surface area (Å²) in [4.78, 5) is 35.9. The second-order valence-electron chi connectivity index (χ2n) is 4.02. The quantitative estimate of drug-likeness (QED) is 0.471.